The summed E-state index contributed by atoms with van der Waals surface area (Å²) >= 11 is 0. The van der Waals surface area contributed by atoms with Gasteiger partial charge in [-0.1, -0.05) is 6.92 Å². The van der Waals surface area contributed by atoms with Gasteiger partial charge in [-0.15, -0.1) is 10.2 Å². The Balaban J connectivity index is 2.28. The summed E-state index contributed by atoms with van der Waals surface area (Å²) < 4.78 is 18.0. The molecule has 2 rings (SSSR count). The number of hydrogen-bond donors (Lipinski definition) is 0. The Morgan fingerprint density at radius 2 is 2.19 bits per heavy atom. The predicted octanol–water partition coefficient (Wildman–Crippen LogP) is 2.72. The summed E-state index contributed by atoms with van der Waals surface area (Å²) in [6.45, 7) is 3.38. The Morgan fingerprint density at radius 1 is 1.38 bits per heavy atom. The van der Waals surface area contributed by atoms with Gasteiger partial charge in [0.15, 0.2) is 6.17 Å². The van der Waals surface area contributed by atoms with Gasteiger partial charge in [0.1, 0.15) is 0 Å². The summed E-state index contributed by atoms with van der Waals surface area (Å²) in [5, 5.41) is 7.38. The third-order valence-electron chi connectivity index (χ3n) is 2.21. The average Bonchev–Trinajstić information content (AvgIpc) is 2.78. The second-order valence-electron chi connectivity index (χ2n) is 3.45. The first kappa shape index (κ1) is 10.7. The van der Waals surface area contributed by atoms with E-state index < -0.39 is 6.17 Å². The van der Waals surface area contributed by atoms with Gasteiger partial charge in [-0.25, -0.2) is 4.39 Å². The minimum atomic E-state index is -1.25. The Kier molecular flexibility index (Phi) is 2.94. The maximum atomic E-state index is 12.9. The number of rotatable bonds is 3. The van der Waals surface area contributed by atoms with E-state index in [1.807, 2.05) is 19.1 Å². The van der Waals surface area contributed by atoms with Crippen LogP contribution in [0.15, 0.2) is 22.7 Å². The second kappa shape index (κ2) is 4.38. The largest absolute Gasteiger partial charge is 0.417 e. The van der Waals surface area contributed by atoms with E-state index in [0.29, 0.717) is 11.5 Å². The van der Waals surface area contributed by atoms with E-state index in [1.165, 1.54) is 6.92 Å². The lowest BCUT2D eigenvalue weighted by Gasteiger charge is -1.97. The van der Waals surface area contributed by atoms with Crippen molar-refractivity contribution in [2.24, 2.45) is 0 Å². The van der Waals surface area contributed by atoms with E-state index in [0.717, 1.165) is 12.1 Å². The van der Waals surface area contributed by atoms with Crippen molar-refractivity contribution in [3.8, 4) is 11.5 Å². The third kappa shape index (κ3) is 2.08. The Bertz CT molecular complexity index is 464. The Labute approximate surface area is 92.5 Å². The molecule has 0 aliphatic carbocycles. The van der Waals surface area contributed by atoms with Gasteiger partial charge in [0.05, 0.1) is 5.56 Å². The van der Waals surface area contributed by atoms with Gasteiger partial charge in [-0.05, 0) is 25.5 Å². The van der Waals surface area contributed by atoms with E-state index in [-0.39, 0.29) is 5.89 Å². The first-order valence-electron chi connectivity index (χ1n) is 5.13. The zero-order chi connectivity index (χ0) is 11.5. The molecule has 0 N–H and O–H groups in total. The molecule has 0 saturated heterocycles. The minimum Gasteiger partial charge on any atom is -0.417 e. The molecule has 0 radical (unpaired) electrons. The van der Waals surface area contributed by atoms with Gasteiger partial charge in [-0.2, -0.15) is 0 Å². The van der Waals surface area contributed by atoms with Crippen LogP contribution in [-0.2, 0) is 6.42 Å². The van der Waals surface area contributed by atoms with Gasteiger partial charge >= 0.3 is 0 Å². The molecule has 0 aliphatic rings. The molecule has 0 spiro atoms. The lowest BCUT2D eigenvalue weighted by molar-refractivity contribution is 0.301. The molecule has 1 unspecified atom stereocenters. The van der Waals surface area contributed by atoms with Crippen molar-refractivity contribution in [3.63, 3.8) is 0 Å². The lowest BCUT2D eigenvalue weighted by Crippen LogP contribution is -1.86. The van der Waals surface area contributed by atoms with E-state index in [2.05, 4.69) is 15.2 Å². The van der Waals surface area contributed by atoms with Crippen LogP contribution in [0.5, 0.6) is 0 Å². The molecule has 5 heteroatoms. The molecule has 0 aliphatic heterocycles. The second-order valence-corrected chi connectivity index (χ2v) is 3.45. The highest BCUT2D eigenvalue weighted by molar-refractivity contribution is 5.50. The SMILES string of the molecule is CCc1ccc(-c2nnc(C(C)F)o2)cn1. The molecule has 4 nitrogen and oxygen atoms in total. The van der Waals surface area contributed by atoms with Gasteiger partial charge < -0.3 is 4.42 Å². The average molecular weight is 221 g/mol. The molecule has 1 atom stereocenters. The van der Waals surface area contributed by atoms with Gasteiger partial charge in [-0.3, -0.25) is 4.98 Å². The molecule has 0 fully saturated rings. The zero-order valence-electron chi connectivity index (χ0n) is 9.14. The summed E-state index contributed by atoms with van der Waals surface area (Å²) in [6.07, 6.45) is 1.28. The van der Waals surface area contributed by atoms with Gasteiger partial charge in [0.2, 0.25) is 5.89 Å². The van der Waals surface area contributed by atoms with Crippen LogP contribution >= 0.6 is 0 Å². The molecular formula is C11H12FN3O. The fraction of sp³-hybridized carbons (Fsp3) is 0.364. The number of pyridine rings is 1. The van der Waals surface area contributed by atoms with E-state index in [9.17, 15) is 4.39 Å². The van der Waals surface area contributed by atoms with Crippen LogP contribution < -0.4 is 0 Å². The number of aryl methyl sites for hydroxylation is 1. The quantitative estimate of drug-likeness (QED) is 0.799. The molecule has 16 heavy (non-hydrogen) atoms. The van der Waals surface area contributed by atoms with Crippen LogP contribution in [0.1, 0.15) is 31.6 Å². The summed E-state index contributed by atoms with van der Waals surface area (Å²) in [7, 11) is 0. The fourth-order valence-electron chi connectivity index (χ4n) is 1.27. The first-order chi connectivity index (χ1) is 7.70. The standard InChI is InChI=1S/C11H12FN3O/c1-3-9-5-4-8(6-13-9)11-15-14-10(16-11)7(2)12/h4-7H,3H2,1-2H3. The number of hydrogen-bond acceptors (Lipinski definition) is 4. The fourth-order valence-corrected chi connectivity index (χ4v) is 1.27. The zero-order valence-corrected chi connectivity index (χ0v) is 9.14. The first-order valence-corrected chi connectivity index (χ1v) is 5.13. The number of aromatic nitrogens is 3. The van der Waals surface area contributed by atoms with Crippen molar-refractivity contribution in [1.29, 1.82) is 0 Å². The van der Waals surface area contributed by atoms with E-state index in [4.69, 9.17) is 4.42 Å². The Hall–Kier alpha value is -1.78. The Morgan fingerprint density at radius 3 is 2.69 bits per heavy atom. The van der Waals surface area contributed by atoms with Crippen molar-refractivity contribution < 1.29 is 8.81 Å². The van der Waals surface area contributed by atoms with E-state index >= 15 is 0 Å². The molecule has 2 aromatic heterocycles. The summed E-state index contributed by atoms with van der Waals surface area (Å²) in [5.41, 5.74) is 1.69. The van der Waals surface area contributed by atoms with Crippen molar-refractivity contribution in [1.82, 2.24) is 15.2 Å². The van der Waals surface area contributed by atoms with Crippen LogP contribution in [0.3, 0.4) is 0 Å². The van der Waals surface area contributed by atoms with Crippen LogP contribution in [0.2, 0.25) is 0 Å². The molecule has 0 saturated carbocycles. The highest BCUT2D eigenvalue weighted by Crippen LogP contribution is 2.21. The molecule has 84 valence electrons. The van der Waals surface area contributed by atoms with Crippen LogP contribution in [0.4, 0.5) is 4.39 Å². The molecule has 2 heterocycles. The lowest BCUT2D eigenvalue weighted by atomic mass is 10.2. The normalized spacial score (nSPS) is 12.7. The minimum absolute atomic E-state index is 0.00503. The van der Waals surface area contributed by atoms with Gasteiger partial charge in [0, 0.05) is 11.9 Å². The predicted molar refractivity (Wildman–Crippen MR) is 56.4 cm³/mol. The van der Waals surface area contributed by atoms with Crippen LogP contribution in [0.25, 0.3) is 11.5 Å². The van der Waals surface area contributed by atoms with Crippen molar-refractivity contribution in [2.75, 3.05) is 0 Å². The van der Waals surface area contributed by atoms with Gasteiger partial charge in [0.25, 0.3) is 5.89 Å². The van der Waals surface area contributed by atoms with E-state index in [1.54, 1.807) is 6.20 Å². The maximum Gasteiger partial charge on any atom is 0.250 e. The summed E-state index contributed by atoms with van der Waals surface area (Å²) in [6, 6.07) is 3.73. The number of alkyl halides is 1. The van der Waals surface area contributed by atoms with Crippen molar-refractivity contribution in [2.45, 2.75) is 26.4 Å². The smallest absolute Gasteiger partial charge is 0.250 e. The van der Waals surface area contributed by atoms with Crippen molar-refractivity contribution >= 4 is 0 Å². The molecule has 0 aromatic carbocycles. The molecule has 0 bridgehead atoms. The van der Waals surface area contributed by atoms with Crippen LogP contribution in [0, 0.1) is 0 Å². The van der Waals surface area contributed by atoms with Crippen molar-refractivity contribution in [3.05, 3.63) is 29.9 Å². The summed E-state index contributed by atoms with van der Waals surface area (Å²) in [4.78, 5) is 4.21. The molecular weight excluding hydrogens is 209 g/mol. The van der Waals surface area contributed by atoms with Crippen LogP contribution in [-0.4, -0.2) is 15.2 Å². The highest BCUT2D eigenvalue weighted by atomic mass is 19.1. The summed E-state index contributed by atoms with van der Waals surface area (Å²) in [5.74, 6) is 0.296. The monoisotopic (exact) mass is 221 g/mol. The third-order valence-corrected chi connectivity index (χ3v) is 2.21. The maximum absolute atomic E-state index is 12.9. The molecule has 2 aromatic rings. The highest BCUT2D eigenvalue weighted by Gasteiger charge is 2.13. The topological polar surface area (TPSA) is 51.8 Å². The number of halogens is 1. The molecule has 0 amide bonds. The number of nitrogens with zero attached hydrogens (tertiary/aromatic N) is 3.